The lowest BCUT2D eigenvalue weighted by molar-refractivity contribution is -0.133. The van der Waals surface area contributed by atoms with Crippen LogP contribution in [0, 0.1) is 5.92 Å². The number of ketones is 1. The minimum atomic E-state index is -0.304. The summed E-state index contributed by atoms with van der Waals surface area (Å²) in [7, 11) is 0. The van der Waals surface area contributed by atoms with Gasteiger partial charge in [-0.15, -0.1) is 0 Å². The lowest BCUT2D eigenvalue weighted by Crippen LogP contribution is -2.31. The molecule has 1 atom stereocenters. The van der Waals surface area contributed by atoms with Gasteiger partial charge in [0.05, 0.1) is 0 Å². The van der Waals surface area contributed by atoms with Gasteiger partial charge in [-0.1, -0.05) is 42.5 Å². The van der Waals surface area contributed by atoms with E-state index in [2.05, 4.69) is 30.3 Å². The number of Topliss-reactive ketones (excluding diaryl/α,β-unsaturated/α-hetero) is 1. The summed E-state index contributed by atoms with van der Waals surface area (Å²) in [5.41, 5.74) is 7.44. The number of hydrogen-bond acceptors (Lipinski definition) is 3. The molecule has 4 nitrogen and oxygen atoms in total. The van der Waals surface area contributed by atoms with Crippen molar-refractivity contribution in [3.05, 3.63) is 59.2 Å². The minimum Gasteiger partial charge on any atom is -0.300 e. The second kappa shape index (κ2) is 6.97. The average molecular weight is 323 g/mol. The molecular weight excluding hydrogens is 302 g/mol. The van der Waals surface area contributed by atoms with E-state index in [-0.39, 0.29) is 17.6 Å². The van der Waals surface area contributed by atoms with Crippen molar-refractivity contribution in [1.29, 1.82) is 0 Å². The smallest absolute Gasteiger partial charge is 0.246 e. The van der Waals surface area contributed by atoms with Crippen LogP contribution in [0.25, 0.3) is 11.1 Å². The topological polar surface area (TPSA) is 66.4 Å². The summed E-state index contributed by atoms with van der Waals surface area (Å²) in [6, 6.07) is 14.4. The first-order valence-electron chi connectivity index (χ1n) is 8.21. The maximum absolute atomic E-state index is 11.6. The van der Waals surface area contributed by atoms with Crippen LogP contribution in [0.3, 0.4) is 0 Å². The predicted molar refractivity (Wildman–Crippen MR) is 91.7 cm³/mol. The van der Waals surface area contributed by atoms with E-state index in [0.29, 0.717) is 12.8 Å². The fraction of sp³-hybridized carbons (Fsp3) is 0.300. The Morgan fingerprint density at radius 3 is 2.67 bits per heavy atom. The number of aryl methyl sites for hydroxylation is 1. The second-order valence-corrected chi connectivity index (χ2v) is 6.48. The van der Waals surface area contributed by atoms with E-state index in [0.717, 1.165) is 29.5 Å². The zero-order valence-electron chi connectivity index (χ0n) is 13.7. The Kier molecular flexibility index (Phi) is 4.76. The standard InChI is InChI=1S/C20H21NO3/c1-13(22)9-14-3-2-4-15(10-14)16-5-6-18-12-19(20(23)21-24)8-7-17(18)11-16/h2-6,10-11,19,24H,7-9,12H2,1H3,(H,21,23). The van der Waals surface area contributed by atoms with Crippen LogP contribution in [0.2, 0.25) is 0 Å². The van der Waals surface area contributed by atoms with Crippen molar-refractivity contribution in [2.45, 2.75) is 32.6 Å². The van der Waals surface area contributed by atoms with Gasteiger partial charge >= 0.3 is 0 Å². The number of amides is 1. The summed E-state index contributed by atoms with van der Waals surface area (Å²) >= 11 is 0. The number of rotatable bonds is 4. The minimum absolute atomic E-state index is 0.158. The van der Waals surface area contributed by atoms with Crippen molar-refractivity contribution < 1.29 is 14.8 Å². The molecule has 0 aliphatic heterocycles. The van der Waals surface area contributed by atoms with Crippen molar-refractivity contribution in [2.24, 2.45) is 5.92 Å². The lowest BCUT2D eigenvalue weighted by atomic mass is 9.82. The zero-order valence-corrected chi connectivity index (χ0v) is 13.7. The van der Waals surface area contributed by atoms with Crippen molar-refractivity contribution in [2.75, 3.05) is 0 Å². The molecule has 1 aliphatic rings. The molecule has 2 aromatic carbocycles. The van der Waals surface area contributed by atoms with E-state index in [1.54, 1.807) is 12.4 Å². The molecule has 1 amide bonds. The van der Waals surface area contributed by atoms with Gasteiger partial charge < -0.3 is 0 Å². The molecule has 124 valence electrons. The summed E-state index contributed by atoms with van der Waals surface area (Å²) in [6.45, 7) is 1.60. The summed E-state index contributed by atoms with van der Waals surface area (Å²) in [6.07, 6.45) is 2.69. The van der Waals surface area contributed by atoms with Gasteiger partial charge in [0.25, 0.3) is 0 Å². The van der Waals surface area contributed by atoms with E-state index >= 15 is 0 Å². The maximum atomic E-state index is 11.6. The van der Waals surface area contributed by atoms with Crippen LogP contribution < -0.4 is 5.48 Å². The first-order valence-corrected chi connectivity index (χ1v) is 8.21. The number of hydroxylamine groups is 1. The zero-order chi connectivity index (χ0) is 17.1. The van der Waals surface area contributed by atoms with Crippen LogP contribution in [-0.4, -0.2) is 16.9 Å². The highest BCUT2D eigenvalue weighted by Gasteiger charge is 2.24. The number of benzene rings is 2. The Balaban J connectivity index is 1.85. The van der Waals surface area contributed by atoms with E-state index in [1.165, 1.54) is 11.1 Å². The van der Waals surface area contributed by atoms with Gasteiger partial charge in [-0.05, 0) is 54.0 Å². The second-order valence-electron chi connectivity index (χ2n) is 6.48. The van der Waals surface area contributed by atoms with Crippen LogP contribution in [0.1, 0.15) is 30.0 Å². The average Bonchev–Trinajstić information content (AvgIpc) is 2.59. The largest absolute Gasteiger partial charge is 0.300 e. The molecule has 1 unspecified atom stereocenters. The van der Waals surface area contributed by atoms with E-state index in [4.69, 9.17) is 5.21 Å². The van der Waals surface area contributed by atoms with Crippen LogP contribution in [0.5, 0.6) is 0 Å². The third-order valence-electron chi connectivity index (χ3n) is 4.63. The first-order chi connectivity index (χ1) is 11.6. The van der Waals surface area contributed by atoms with Gasteiger partial charge in [-0.3, -0.25) is 14.8 Å². The van der Waals surface area contributed by atoms with Crippen LogP contribution in [0.15, 0.2) is 42.5 Å². The third-order valence-corrected chi connectivity index (χ3v) is 4.63. The molecule has 0 spiro atoms. The Hall–Kier alpha value is -2.46. The summed E-state index contributed by atoms with van der Waals surface area (Å²) in [5, 5.41) is 8.79. The predicted octanol–water partition coefficient (Wildman–Crippen LogP) is 3.10. The fourth-order valence-electron chi connectivity index (χ4n) is 3.40. The molecule has 1 aliphatic carbocycles. The molecule has 0 radical (unpaired) electrons. The molecule has 0 bridgehead atoms. The van der Waals surface area contributed by atoms with Crippen molar-refractivity contribution in [1.82, 2.24) is 5.48 Å². The SMILES string of the molecule is CC(=O)Cc1cccc(-c2ccc3c(c2)CCC(C(=O)NO)C3)c1. The van der Waals surface area contributed by atoms with Gasteiger partial charge in [-0.2, -0.15) is 0 Å². The Morgan fingerprint density at radius 1 is 1.12 bits per heavy atom. The number of nitrogens with one attached hydrogen (secondary N) is 1. The number of hydrogen-bond donors (Lipinski definition) is 2. The normalized spacial score (nSPS) is 16.3. The van der Waals surface area contributed by atoms with Crippen molar-refractivity contribution in [3.63, 3.8) is 0 Å². The van der Waals surface area contributed by atoms with E-state index in [1.807, 2.05) is 12.1 Å². The molecule has 0 fully saturated rings. The van der Waals surface area contributed by atoms with E-state index < -0.39 is 0 Å². The molecule has 0 saturated carbocycles. The molecule has 0 saturated heterocycles. The molecule has 2 aromatic rings. The number of carbonyl (C=O) groups excluding carboxylic acids is 2. The van der Waals surface area contributed by atoms with Crippen molar-refractivity contribution >= 4 is 11.7 Å². The van der Waals surface area contributed by atoms with Crippen LogP contribution in [0.4, 0.5) is 0 Å². The molecule has 4 heteroatoms. The molecule has 24 heavy (non-hydrogen) atoms. The van der Waals surface area contributed by atoms with Crippen LogP contribution in [-0.2, 0) is 28.9 Å². The highest BCUT2D eigenvalue weighted by Crippen LogP contribution is 2.30. The Labute approximate surface area is 141 Å². The van der Waals surface area contributed by atoms with E-state index in [9.17, 15) is 9.59 Å². The quantitative estimate of drug-likeness (QED) is 0.671. The van der Waals surface area contributed by atoms with Gasteiger partial charge in [0.2, 0.25) is 5.91 Å². The molecular formula is C20H21NO3. The molecule has 2 N–H and O–H groups in total. The Morgan fingerprint density at radius 2 is 1.92 bits per heavy atom. The van der Waals surface area contributed by atoms with Gasteiger partial charge in [0, 0.05) is 12.3 Å². The molecule has 0 heterocycles. The lowest BCUT2D eigenvalue weighted by Gasteiger charge is -2.23. The van der Waals surface area contributed by atoms with Gasteiger partial charge in [0.1, 0.15) is 5.78 Å². The van der Waals surface area contributed by atoms with Gasteiger partial charge in [-0.25, -0.2) is 5.48 Å². The highest BCUT2D eigenvalue weighted by atomic mass is 16.5. The van der Waals surface area contributed by atoms with Gasteiger partial charge in [0.15, 0.2) is 0 Å². The Bertz CT molecular complexity index is 782. The molecule has 0 aromatic heterocycles. The summed E-state index contributed by atoms with van der Waals surface area (Å²) in [5.74, 6) is -0.306. The fourth-order valence-corrected chi connectivity index (χ4v) is 3.40. The summed E-state index contributed by atoms with van der Waals surface area (Å²) in [4.78, 5) is 22.9. The number of fused-ring (bicyclic) bond motifs is 1. The maximum Gasteiger partial charge on any atom is 0.246 e. The first kappa shape index (κ1) is 16.4. The van der Waals surface area contributed by atoms with Crippen molar-refractivity contribution in [3.8, 4) is 11.1 Å². The molecule has 3 rings (SSSR count). The third kappa shape index (κ3) is 3.54. The van der Waals surface area contributed by atoms with Crippen LogP contribution >= 0.6 is 0 Å². The number of carbonyl (C=O) groups is 2. The summed E-state index contributed by atoms with van der Waals surface area (Å²) < 4.78 is 0. The monoisotopic (exact) mass is 323 g/mol. The highest BCUT2D eigenvalue weighted by molar-refractivity contribution is 5.79.